The summed E-state index contributed by atoms with van der Waals surface area (Å²) in [4.78, 5) is 12.3. The molecule has 2 N–H and O–H groups in total. The molecule has 1 amide bonds. The van der Waals surface area contributed by atoms with Crippen LogP contribution >= 0.6 is 11.6 Å². The minimum Gasteiger partial charge on any atom is -0.326 e. The largest absolute Gasteiger partial charge is 0.326 e. The third-order valence-electron chi connectivity index (χ3n) is 4.65. The number of hydrogen-bond acceptors (Lipinski definition) is 3. The van der Waals surface area contributed by atoms with Crippen LogP contribution in [0.5, 0.6) is 0 Å². The van der Waals surface area contributed by atoms with Gasteiger partial charge in [0.05, 0.1) is 11.3 Å². The van der Waals surface area contributed by atoms with Crippen LogP contribution in [0.15, 0.2) is 53.4 Å². The second-order valence-corrected chi connectivity index (χ2v) is 8.98. The van der Waals surface area contributed by atoms with Crippen LogP contribution in [-0.4, -0.2) is 20.4 Å². The average Bonchev–Trinajstić information content (AvgIpc) is 2.64. The summed E-state index contributed by atoms with van der Waals surface area (Å²) in [5.41, 5.74) is 1.42. The van der Waals surface area contributed by atoms with Crippen LogP contribution < -0.4 is 10.0 Å². The molecule has 0 radical (unpaired) electrons. The van der Waals surface area contributed by atoms with Crippen molar-refractivity contribution in [2.45, 2.75) is 49.5 Å². The summed E-state index contributed by atoms with van der Waals surface area (Å²) in [6.07, 6.45) is 5.29. The summed E-state index contributed by atoms with van der Waals surface area (Å²) in [5, 5.41) is 3.40. The lowest BCUT2D eigenvalue weighted by Gasteiger charge is -2.22. The van der Waals surface area contributed by atoms with Crippen LogP contribution in [0.4, 0.5) is 5.69 Å². The fourth-order valence-electron chi connectivity index (χ4n) is 3.22. The second kappa shape index (κ2) is 8.87. The van der Waals surface area contributed by atoms with Gasteiger partial charge in [-0.3, -0.25) is 4.79 Å². The van der Waals surface area contributed by atoms with E-state index in [1.807, 2.05) is 0 Å². The van der Waals surface area contributed by atoms with Gasteiger partial charge in [0.2, 0.25) is 15.9 Å². The number of benzene rings is 2. The van der Waals surface area contributed by atoms with Gasteiger partial charge in [0, 0.05) is 16.8 Å². The fourth-order valence-corrected chi connectivity index (χ4v) is 4.65. The van der Waals surface area contributed by atoms with Gasteiger partial charge in [-0.1, -0.05) is 43.0 Å². The molecule has 1 saturated carbocycles. The van der Waals surface area contributed by atoms with Crippen molar-refractivity contribution in [3.63, 3.8) is 0 Å². The Morgan fingerprint density at radius 1 is 0.963 bits per heavy atom. The molecule has 2 aromatic carbocycles. The van der Waals surface area contributed by atoms with Crippen molar-refractivity contribution in [3.05, 3.63) is 59.1 Å². The number of rotatable bonds is 6. The topological polar surface area (TPSA) is 75.3 Å². The average molecular weight is 407 g/mol. The molecule has 0 atom stereocenters. The van der Waals surface area contributed by atoms with Crippen LogP contribution in [0.3, 0.4) is 0 Å². The highest BCUT2D eigenvalue weighted by Crippen LogP contribution is 2.21. The molecule has 0 aromatic heterocycles. The van der Waals surface area contributed by atoms with Gasteiger partial charge >= 0.3 is 0 Å². The molecule has 144 valence electrons. The van der Waals surface area contributed by atoms with Crippen molar-refractivity contribution < 1.29 is 13.2 Å². The molecule has 7 heteroatoms. The first-order valence-electron chi connectivity index (χ1n) is 9.09. The maximum Gasteiger partial charge on any atom is 0.240 e. The van der Waals surface area contributed by atoms with Crippen LogP contribution in [0, 0.1) is 0 Å². The van der Waals surface area contributed by atoms with Crippen molar-refractivity contribution in [3.8, 4) is 0 Å². The van der Waals surface area contributed by atoms with Gasteiger partial charge in [0.1, 0.15) is 0 Å². The third kappa shape index (κ3) is 5.79. The molecule has 2 aromatic rings. The predicted octanol–water partition coefficient (Wildman–Crippen LogP) is 4.13. The smallest absolute Gasteiger partial charge is 0.240 e. The second-order valence-electron chi connectivity index (χ2n) is 6.83. The van der Waals surface area contributed by atoms with Crippen molar-refractivity contribution >= 4 is 33.2 Å². The summed E-state index contributed by atoms with van der Waals surface area (Å²) in [7, 11) is -3.53. The van der Waals surface area contributed by atoms with E-state index in [2.05, 4.69) is 10.0 Å². The van der Waals surface area contributed by atoms with Gasteiger partial charge in [-0.15, -0.1) is 0 Å². The van der Waals surface area contributed by atoms with Crippen molar-refractivity contribution in [1.82, 2.24) is 4.72 Å². The van der Waals surface area contributed by atoms with Crippen LogP contribution in [0.2, 0.25) is 5.02 Å². The number of nitrogens with one attached hydrogen (secondary N) is 2. The minimum absolute atomic E-state index is 0.0162. The Balaban J connectivity index is 1.59. The van der Waals surface area contributed by atoms with Gasteiger partial charge in [-0.2, -0.15) is 0 Å². The molecular weight excluding hydrogens is 384 g/mol. The number of hydrogen-bond donors (Lipinski definition) is 2. The Hall–Kier alpha value is -1.89. The summed E-state index contributed by atoms with van der Waals surface area (Å²) >= 11 is 5.84. The molecule has 0 aliphatic heterocycles. The van der Waals surface area contributed by atoms with Crippen LogP contribution in [0.1, 0.15) is 37.7 Å². The number of amides is 1. The van der Waals surface area contributed by atoms with Crippen molar-refractivity contribution in [2.24, 2.45) is 0 Å². The number of halogens is 1. The normalized spacial score (nSPS) is 15.4. The zero-order valence-corrected chi connectivity index (χ0v) is 16.5. The maximum atomic E-state index is 12.5. The van der Waals surface area contributed by atoms with E-state index >= 15 is 0 Å². The molecule has 1 fully saturated rings. The van der Waals surface area contributed by atoms with Gasteiger partial charge in [0.15, 0.2) is 0 Å². The molecule has 3 rings (SSSR count). The highest BCUT2D eigenvalue weighted by atomic mass is 35.5. The van der Waals surface area contributed by atoms with Gasteiger partial charge in [0.25, 0.3) is 0 Å². The Bertz CT molecular complexity index is 874. The Morgan fingerprint density at radius 2 is 1.59 bits per heavy atom. The highest BCUT2D eigenvalue weighted by molar-refractivity contribution is 7.89. The predicted molar refractivity (Wildman–Crippen MR) is 107 cm³/mol. The van der Waals surface area contributed by atoms with Crippen molar-refractivity contribution in [1.29, 1.82) is 0 Å². The number of sulfonamides is 1. The monoisotopic (exact) mass is 406 g/mol. The Morgan fingerprint density at radius 3 is 2.22 bits per heavy atom. The van der Waals surface area contributed by atoms with Gasteiger partial charge in [-0.05, 0) is 54.8 Å². The molecule has 5 nitrogen and oxygen atoms in total. The molecule has 0 unspecified atom stereocenters. The van der Waals surface area contributed by atoms with E-state index in [4.69, 9.17) is 11.6 Å². The van der Waals surface area contributed by atoms with Gasteiger partial charge in [-0.25, -0.2) is 13.1 Å². The molecule has 0 saturated heterocycles. The van der Waals surface area contributed by atoms with Gasteiger partial charge < -0.3 is 5.32 Å². The number of anilines is 1. The molecule has 0 bridgehead atoms. The first-order valence-corrected chi connectivity index (χ1v) is 11.0. The first kappa shape index (κ1) is 19.9. The number of carbonyl (C=O) groups excluding carboxylic acids is 1. The van der Waals surface area contributed by atoms with Crippen molar-refractivity contribution in [2.75, 3.05) is 5.32 Å². The lowest BCUT2D eigenvalue weighted by Crippen LogP contribution is -2.36. The lowest BCUT2D eigenvalue weighted by molar-refractivity contribution is -0.115. The van der Waals surface area contributed by atoms with E-state index in [-0.39, 0.29) is 23.3 Å². The SMILES string of the molecule is O=C(Cc1ccc(Cl)cc1)Nc1ccc(S(=O)(=O)NC2CCCCC2)cc1. The standard InChI is InChI=1S/C20H23ClN2O3S/c21-16-8-6-15(7-9-16)14-20(24)22-17-10-12-19(13-11-17)27(25,26)23-18-4-2-1-3-5-18/h6-13,18,23H,1-5,14H2,(H,22,24). The fraction of sp³-hybridized carbons (Fsp3) is 0.350. The lowest BCUT2D eigenvalue weighted by atomic mass is 9.96. The molecule has 0 heterocycles. The summed E-state index contributed by atoms with van der Waals surface area (Å²) < 4.78 is 27.8. The molecule has 1 aliphatic rings. The first-order chi connectivity index (χ1) is 12.9. The molecule has 1 aliphatic carbocycles. The third-order valence-corrected chi connectivity index (χ3v) is 6.44. The van der Waals surface area contributed by atoms with E-state index in [0.29, 0.717) is 10.7 Å². The zero-order chi connectivity index (χ0) is 19.3. The van der Waals surface area contributed by atoms with E-state index in [1.54, 1.807) is 36.4 Å². The quantitative estimate of drug-likeness (QED) is 0.757. The molecule has 0 spiro atoms. The Kier molecular flexibility index (Phi) is 6.52. The Labute approximate surface area is 165 Å². The zero-order valence-electron chi connectivity index (χ0n) is 14.9. The summed E-state index contributed by atoms with van der Waals surface area (Å²) in [6, 6.07) is 13.3. The van der Waals surface area contributed by atoms with E-state index in [9.17, 15) is 13.2 Å². The van der Waals surface area contributed by atoms with E-state index < -0.39 is 10.0 Å². The van der Waals surface area contributed by atoms with Crippen LogP contribution in [0.25, 0.3) is 0 Å². The van der Waals surface area contributed by atoms with Crippen LogP contribution in [-0.2, 0) is 21.2 Å². The number of carbonyl (C=O) groups is 1. The minimum atomic E-state index is -3.53. The van der Waals surface area contributed by atoms with E-state index in [1.165, 1.54) is 18.6 Å². The summed E-state index contributed by atoms with van der Waals surface area (Å²) in [6.45, 7) is 0. The maximum absolute atomic E-state index is 12.5. The molecule has 27 heavy (non-hydrogen) atoms. The summed E-state index contributed by atoms with van der Waals surface area (Å²) in [5.74, 6) is -0.173. The molecular formula is C20H23ClN2O3S. The van der Waals surface area contributed by atoms with E-state index in [0.717, 1.165) is 31.2 Å². The highest BCUT2D eigenvalue weighted by Gasteiger charge is 2.21.